The third kappa shape index (κ3) is 1.96. The first-order valence-corrected chi connectivity index (χ1v) is 3.83. The van der Waals surface area contributed by atoms with Crippen LogP contribution in [0.15, 0.2) is 17.3 Å². The molecule has 15 heavy (non-hydrogen) atoms. The van der Waals surface area contributed by atoms with E-state index in [9.17, 15) is 19.8 Å². The maximum atomic E-state index is 10.6. The van der Waals surface area contributed by atoms with Gasteiger partial charge < -0.3 is 5.11 Å². The molecule has 0 atom stereocenters. The number of benzene rings is 1. The number of carbonyl (C=O) groups is 1. The van der Waals surface area contributed by atoms with Gasteiger partial charge >= 0.3 is 5.97 Å². The lowest BCUT2D eigenvalue weighted by Crippen LogP contribution is -2.00. The highest BCUT2D eigenvalue weighted by atomic mass is 16.6. The molecule has 0 fully saturated rings. The number of aromatic carboxylic acids is 1. The molecule has 7 nitrogen and oxygen atoms in total. The summed E-state index contributed by atoms with van der Waals surface area (Å²) >= 11 is 0. The number of rotatable bonds is 3. The molecule has 0 spiro atoms. The van der Waals surface area contributed by atoms with Crippen LogP contribution < -0.4 is 0 Å². The first-order chi connectivity index (χ1) is 6.97. The van der Waals surface area contributed by atoms with Gasteiger partial charge in [-0.3, -0.25) is 10.1 Å². The van der Waals surface area contributed by atoms with E-state index in [2.05, 4.69) is 5.18 Å². The van der Waals surface area contributed by atoms with Gasteiger partial charge in [-0.15, -0.1) is 4.91 Å². The zero-order chi connectivity index (χ0) is 11.6. The van der Waals surface area contributed by atoms with Gasteiger partial charge in [0.2, 0.25) is 0 Å². The van der Waals surface area contributed by atoms with Gasteiger partial charge in [-0.2, -0.15) is 0 Å². The van der Waals surface area contributed by atoms with Crippen LogP contribution in [0, 0.1) is 21.9 Å². The van der Waals surface area contributed by atoms with Gasteiger partial charge in [0.1, 0.15) is 5.69 Å². The van der Waals surface area contributed by atoms with Crippen molar-refractivity contribution in [2.75, 3.05) is 0 Å². The van der Waals surface area contributed by atoms with Crippen LogP contribution in [0.5, 0.6) is 0 Å². The Balaban J connectivity index is 3.51. The molecule has 0 saturated carbocycles. The molecule has 0 aromatic heterocycles. The summed E-state index contributed by atoms with van der Waals surface area (Å²) in [5.74, 6) is -1.34. The zero-order valence-corrected chi connectivity index (χ0v) is 7.63. The van der Waals surface area contributed by atoms with E-state index in [1.54, 1.807) is 0 Å². The van der Waals surface area contributed by atoms with Crippen molar-refractivity contribution in [2.24, 2.45) is 5.18 Å². The van der Waals surface area contributed by atoms with Crippen molar-refractivity contribution in [1.82, 2.24) is 0 Å². The fourth-order valence-electron chi connectivity index (χ4n) is 1.09. The van der Waals surface area contributed by atoms with Crippen LogP contribution in [0.1, 0.15) is 15.9 Å². The molecule has 0 saturated heterocycles. The molecule has 0 radical (unpaired) electrons. The second-order valence-corrected chi connectivity index (χ2v) is 2.79. The summed E-state index contributed by atoms with van der Waals surface area (Å²) in [7, 11) is 0. The summed E-state index contributed by atoms with van der Waals surface area (Å²) < 4.78 is 0. The van der Waals surface area contributed by atoms with Crippen LogP contribution in [-0.2, 0) is 0 Å². The number of nitroso groups, excluding NO2 is 1. The molecule has 78 valence electrons. The molecule has 1 N–H and O–H groups in total. The molecule has 1 aromatic carbocycles. The van der Waals surface area contributed by atoms with Gasteiger partial charge in [0.15, 0.2) is 0 Å². The quantitative estimate of drug-likeness (QED) is 0.466. The van der Waals surface area contributed by atoms with Crippen molar-refractivity contribution in [1.29, 1.82) is 0 Å². The number of nitro groups is 1. The number of hydrogen-bond acceptors (Lipinski definition) is 5. The Bertz CT molecular complexity index is 455. The van der Waals surface area contributed by atoms with Gasteiger partial charge in [0.25, 0.3) is 5.69 Å². The Morgan fingerprint density at radius 1 is 1.53 bits per heavy atom. The zero-order valence-electron chi connectivity index (χ0n) is 7.63. The van der Waals surface area contributed by atoms with E-state index in [4.69, 9.17) is 5.11 Å². The highest BCUT2D eigenvalue weighted by Gasteiger charge is 2.19. The van der Waals surface area contributed by atoms with Crippen molar-refractivity contribution in [3.8, 4) is 0 Å². The fraction of sp³-hybridized carbons (Fsp3) is 0.125. The first kappa shape index (κ1) is 10.8. The van der Waals surface area contributed by atoms with Gasteiger partial charge in [-0.05, 0) is 18.2 Å². The summed E-state index contributed by atoms with van der Waals surface area (Å²) in [6.07, 6.45) is 0. The maximum Gasteiger partial charge on any atom is 0.336 e. The Kier molecular flexibility index (Phi) is 2.75. The fourth-order valence-corrected chi connectivity index (χ4v) is 1.09. The number of nitro benzene ring substituents is 1. The molecule has 0 unspecified atom stereocenters. The average molecular weight is 210 g/mol. The molecule has 0 bridgehead atoms. The minimum atomic E-state index is -1.34. The largest absolute Gasteiger partial charge is 0.478 e. The second kappa shape index (κ2) is 3.82. The standard InChI is InChI=1S/C8H6N2O5/c1-4-6(9-13)2-5(8(11)12)3-7(4)10(14)15/h2-3H,1H3,(H,11,12). The van der Waals surface area contributed by atoms with Crippen molar-refractivity contribution in [3.05, 3.63) is 38.3 Å². The molecule has 0 aliphatic rings. The number of carboxylic acid groups (broad SMARTS) is 1. The van der Waals surface area contributed by atoms with Crippen molar-refractivity contribution >= 4 is 17.3 Å². The summed E-state index contributed by atoms with van der Waals surface area (Å²) in [6, 6.07) is 1.89. The molecule has 0 aliphatic carbocycles. The molecule has 0 heterocycles. The normalized spacial score (nSPS) is 9.67. The lowest BCUT2D eigenvalue weighted by Gasteiger charge is -2.01. The minimum Gasteiger partial charge on any atom is -0.478 e. The van der Waals surface area contributed by atoms with Crippen molar-refractivity contribution in [3.63, 3.8) is 0 Å². The van der Waals surface area contributed by atoms with Gasteiger partial charge in [0.05, 0.1) is 16.1 Å². The smallest absolute Gasteiger partial charge is 0.336 e. The van der Waals surface area contributed by atoms with Crippen LogP contribution >= 0.6 is 0 Å². The minimum absolute atomic E-state index is 0.0556. The van der Waals surface area contributed by atoms with E-state index in [1.165, 1.54) is 6.92 Å². The Hall–Kier alpha value is -2.31. The van der Waals surface area contributed by atoms with Crippen LogP contribution in [0.25, 0.3) is 0 Å². The van der Waals surface area contributed by atoms with Gasteiger partial charge in [0, 0.05) is 6.07 Å². The van der Waals surface area contributed by atoms with E-state index >= 15 is 0 Å². The topological polar surface area (TPSA) is 110 Å². The van der Waals surface area contributed by atoms with E-state index in [0.717, 1.165) is 12.1 Å². The van der Waals surface area contributed by atoms with E-state index in [-0.39, 0.29) is 16.8 Å². The van der Waals surface area contributed by atoms with Gasteiger partial charge in [-0.25, -0.2) is 4.79 Å². The van der Waals surface area contributed by atoms with E-state index in [0.29, 0.717) is 0 Å². The third-order valence-electron chi connectivity index (χ3n) is 1.89. The highest BCUT2D eigenvalue weighted by Crippen LogP contribution is 2.29. The Morgan fingerprint density at radius 2 is 2.13 bits per heavy atom. The summed E-state index contributed by atoms with van der Waals surface area (Å²) in [5.41, 5.74) is -0.937. The molecular weight excluding hydrogens is 204 g/mol. The maximum absolute atomic E-state index is 10.6. The predicted octanol–water partition coefficient (Wildman–Crippen LogP) is 2.00. The van der Waals surface area contributed by atoms with E-state index in [1.807, 2.05) is 0 Å². The molecule has 1 aromatic rings. The lowest BCUT2D eigenvalue weighted by molar-refractivity contribution is -0.385. The molecule has 7 heteroatoms. The van der Waals surface area contributed by atoms with Gasteiger partial charge in [-0.1, -0.05) is 0 Å². The lowest BCUT2D eigenvalue weighted by atomic mass is 10.1. The third-order valence-corrected chi connectivity index (χ3v) is 1.89. The summed E-state index contributed by atoms with van der Waals surface area (Å²) in [6.45, 7) is 1.33. The van der Waals surface area contributed by atoms with Crippen molar-refractivity contribution < 1.29 is 14.8 Å². The predicted molar refractivity (Wildman–Crippen MR) is 50.2 cm³/mol. The van der Waals surface area contributed by atoms with Crippen molar-refractivity contribution in [2.45, 2.75) is 6.92 Å². The van der Waals surface area contributed by atoms with Crippen LogP contribution in [0.4, 0.5) is 11.4 Å². The highest BCUT2D eigenvalue weighted by molar-refractivity contribution is 5.90. The first-order valence-electron chi connectivity index (χ1n) is 3.83. The number of hydrogen-bond donors (Lipinski definition) is 1. The van der Waals surface area contributed by atoms with Crippen LogP contribution in [0.3, 0.4) is 0 Å². The molecule has 0 aliphatic heterocycles. The monoisotopic (exact) mass is 210 g/mol. The summed E-state index contributed by atoms with van der Waals surface area (Å²) in [5, 5.41) is 21.7. The van der Waals surface area contributed by atoms with Crippen LogP contribution in [-0.4, -0.2) is 16.0 Å². The van der Waals surface area contributed by atoms with Crippen LogP contribution in [0.2, 0.25) is 0 Å². The molecule has 0 amide bonds. The second-order valence-electron chi connectivity index (χ2n) is 2.79. The average Bonchev–Trinajstić information content (AvgIpc) is 2.17. The molecular formula is C8H6N2O5. The van der Waals surface area contributed by atoms with E-state index < -0.39 is 16.6 Å². The Morgan fingerprint density at radius 3 is 2.53 bits per heavy atom. The number of carboxylic acids is 1. The number of nitrogens with zero attached hydrogens (tertiary/aromatic N) is 2. The summed E-state index contributed by atoms with van der Waals surface area (Å²) in [4.78, 5) is 30.7. The SMILES string of the molecule is Cc1c(N=O)cc(C(=O)O)cc1[N+](=O)[O-]. The Labute approximate surface area is 83.5 Å². The molecule has 1 rings (SSSR count).